The minimum Gasteiger partial charge on any atom is -0.449 e. The van der Waals surface area contributed by atoms with E-state index in [1.165, 1.54) is 12.4 Å². The maximum absolute atomic E-state index is 10.2. The second-order valence-electron chi connectivity index (χ2n) is 3.28. The van der Waals surface area contributed by atoms with E-state index in [9.17, 15) is 4.79 Å². The standard InChI is InChI=1S/C9H11N3O3/c13-9(14)15-7-5-10-8(11-6-7)12-3-1-2-4-12/h5-6H,1-4H2,(H,13,14). The van der Waals surface area contributed by atoms with Crippen LogP contribution in [-0.4, -0.2) is 34.3 Å². The SMILES string of the molecule is O=C(O)Oc1cnc(N2CCCC2)nc1. The first-order valence-electron chi connectivity index (χ1n) is 4.73. The van der Waals surface area contributed by atoms with Gasteiger partial charge in [0.2, 0.25) is 5.95 Å². The largest absolute Gasteiger partial charge is 0.511 e. The molecule has 1 aromatic heterocycles. The third-order valence-corrected chi connectivity index (χ3v) is 2.21. The summed E-state index contributed by atoms with van der Waals surface area (Å²) in [5.74, 6) is 0.774. The quantitative estimate of drug-likeness (QED) is 0.736. The molecule has 15 heavy (non-hydrogen) atoms. The summed E-state index contributed by atoms with van der Waals surface area (Å²) in [5, 5.41) is 8.36. The maximum Gasteiger partial charge on any atom is 0.511 e. The number of carboxylic acid groups (broad SMARTS) is 1. The monoisotopic (exact) mass is 209 g/mol. The second-order valence-corrected chi connectivity index (χ2v) is 3.28. The van der Waals surface area contributed by atoms with Crippen molar-refractivity contribution < 1.29 is 14.6 Å². The number of aromatic nitrogens is 2. The van der Waals surface area contributed by atoms with Crippen molar-refractivity contribution in [2.24, 2.45) is 0 Å². The fourth-order valence-corrected chi connectivity index (χ4v) is 1.54. The lowest BCUT2D eigenvalue weighted by molar-refractivity contribution is 0.144. The van der Waals surface area contributed by atoms with Gasteiger partial charge in [0.15, 0.2) is 5.75 Å². The van der Waals surface area contributed by atoms with Crippen molar-refractivity contribution in [3.63, 3.8) is 0 Å². The van der Waals surface area contributed by atoms with Crippen LogP contribution in [0.3, 0.4) is 0 Å². The molecule has 0 saturated carbocycles. The number of ether oxygens (including phenoxy) is 1. The van der Waals surface area contributed by atoms with Crippen LogP contribution >= 0.6 is 0 Å². The van der Waals surface area contributed by atoms with Gasteiger partial charge in [-0.15, -0.1) is 0 Å². The van der Waals surface area contributed by atoms with E-state index in [4.69, 9.17) is 5.11 Å². The minimum atomic E-state index is -1.35. The fraction of sp³-hybridized carbons (Fsp3) is 0.444. The molecule has 0 bridgehead atoms. The topological polar surface area (TPSA) is 75.6 Å². The second kappa shape index (κ2) is 4.12. The average molecular weight is 209 g/mol. The minimum absolute atomic E-state index is 0.144. The third kappa shape index (κ3) is 2.34. The summed E-state index contributed by atoms with van der Waals surface area (Å²) < 4.78 is 4.40. The molecule has 6 nitrogen and oxygen atoms in total. The smallest absolute Gasteiger partial charge is 0.449 e. The van der Waals surface area contributed by atoms with Crippen molar-refractivity contribution >= 4 is 12.1 Å². The van der Waals surface area contributed by atoms with Crippen LogP contribution < -0.4 is 9.64 Å². The highest BCUT2D eigenvalue weighted by molar-refractivity contribution is 5.60. The van der Waals surface area contributed by atoms with Crippen LogP contribution in [0.1, 0.15) is 12.8 Å². The molecule has 1 N–H and O–H groups in total. The van der Waals surface area contributed by atoms with Gasteiger partial charge in [-0.1, -0.05) is 0 Å². The van der Waals surface area contributed by atoms with E-state index in [-0.39, 0.29) is 5.75 Å². The van der Waals surface area contributed by atoms with Gasteiger partial charge in [0.25, 0.3) is 0 Å². The Morgan fingerprint density at radius 3 is 2.47 bits per heavy atom. The maximum atomic E-state index is 10.2. The normalized spacial score (nSPS) is 15.3. The van der Waals surface area contributed by atoms with Crippen LogP contribution in [0, 0.1) is 0 Å². The molecular weight excluding hydrogens is 198 g/mol. The predicted molar refractivity (Wildman–Crippen MR) is 52.1 cm³/mol. The first-order valence-corrected chi connectivity index (χ1v) is 4.73. The van der Waals surface area contributed by atoms with Gasteiger partial charge < -0.3 is 14.7 Å². The highest BCUT2D eigenvalue weighted by Gasteiger charge is 2.14. The van der Waals surface area contributed by atoms with Crippen LogP contribution in [0.25, 0.3) is 0 Å². The number of rotatable bonds is 2. The van der Waals surface area contributed by atoms with E-state index < -0.39 is 6.16 Å². The molecule has 1 aliphatic rings. The molecule has 0 unspecified atom stereocenters. The molecule has 6 heteroatoms. The summed E-state index contributed by atoms with van der Waals surface area (Å²) in [5.41, 5.74) is 0. The molecular formula is C9H11N3O3. The van der Waals surface area contributed by atoms with E-state index >= 15 is 0 Å². The molecule has 0 atom stereocenters. The van der Waals surface area contributed by atoms with Crippen molar-refractivity contribution in [2.45, 2.75) is 12.8 Å². The van der Waals surface area contributed by atoms with E-state index in [0.29, 0.717) is 5.95 Å². The lowest BCUT2D eigenvalue weighted by Crippen LogP contribution is -2.20. The lowest BCUT2D eigenvalue weighted by Gasteiger charge is -2.14. The van der Waals surface area contributed by atoms with Crippen molar-refractivity contribution in [1.82, 2.24) is 9.97 Å². The van der Waals surface area contributed by atoms with Crippen LogP contribution in [0.4, 0.5) is 10.7 Å². The number of anilines is 1. The molecule has 0 spiro atoms. The summed E-state index contributed by atoms with van der Waals surface area (Å²) in [4.78, 5) is 20.4. The Kier molecular flexibility index (Phi) is 2.66. The van der Waals surface area contributed by atoms with Crippen LogP contribution in [0.15, 0.2) is 12.4 Å². The zero-order valence-corrected chi connectivity index (χ0v) is 8.09. The number of hydrogen-bond donors (Lipinski definition) is 1. The van der Waals surface area contributed by atoms with Crippen LogP contribution in [-0.2, 0) is 0 Å². The molecule has 0 amide bonds. The zero-order valence-electron chi connectivity index (χ0n) is 8.09. The van der Waals surface area contributed by atoms with Gasteiger partial charge in [-0.2, -0.15) is 0 Å². The summed E-state index contributed by atoms with van der Waals surface area (Å²) in [7, 11) is 0. The van der Waals surface area contributed by atoms with E-state index in [1.807, 2.05) is 0 Å². The predicted octanol–water partition coefficient (Wildman–Crippen LogP) is 1.13. The molecule has 2 heterocycles. The van der Waals surface area contributed by atoms with Gasteiger partial charge in [0, 0.05) is 13.1 Å². The highest BCUT2D eigenvalue weighted by Crippen LogP contribution is 2.16. The highest BCUT2D eigenvalue weighted by atomic mass is 16.7. The van der Waals surface area contributed by atoms with Crippen LogP contribution in [0.5, 0.6) is 5.75 Å². The van der Waals surface area contributed by atoms with E-state index in [2.05, 4.69) is 19.6 Å². The number of carbonyl (C=O) groups is 1. The number of hydrogen-bond acceptors (Lipinski definition) is 5. The number of nitrogens with zero attached hydrogens (tertiary/aromatic N) is 3. The molecule has 0 aliphatic carbocycles. The zero-order chi connectivity index (χ0) is 10.7. The Morgan fingerprint density at radius 2 is 1.93 bits per heavy atom. The van der Waals surface area contributed by atoms with Gasteiger partial charge in [-0.25, -0.2) is 14.8 Å². The van der Waals surface area contributed by atoms with Gasteiger partial charge in [-0.3, -0.25) is 0 Å². The fourth-order valence-electron chi connectivity index (χ4n) is 1.54. The Hall–Kier alpha value is -1.85. The van der Waals surface area contributed by atoms with Crippen LogP contribution in [0.2, 0.25) is 0 Å². The van der Waals surface area contributed by atoms with Crippen molar-refractivity contribution in [2.75, 3.05) is 18.0 Å². The molecule has 1 aliphatic heterocycles. The molecule has 0 radical (unpaired) electrons. The van der Waals surface area contributed by atoms with Gasteiger partial charge >= 0.3 is 6.16 Å². The summed E-state index contributed by atoms with van der Waals surface area (Å²) in [6, 6.07) is 0. The first-order chi connectivity index (χ1) is 7.25. The van der Waals surface area contributed by atoms with Gasteiger partial charge in [-0.05, 0) is 12.8 Å². The Labute approximate surface area is 86.5 Å². The van der Waals surface area contributed by atoms with Crippen molar-refractivity contribution in [1.29, 1.82) is 0 Å². The van der Waals surface area contributed by atoms with Gasteiger partial charge in [0.1, 0.15) is 0 Å². The molecule has 1 saturated heterocycles. The summed E-state index contributed by atoms with van der Waals surface area (Å²) >= 11 is 0. The first kappa shape index (κ1) is 9.70. The Morgan fingerprint density at radius 1 is 1.33 bits per heavy atom. The summed E-state index contributed by atoms with van der Waals surface area (Å²) in [6.07, 6.45) is 3.68. The average Bonchev–Trinajstić information content (AvgIpc) is 2.71. The van der Waals surface area contributed by atoms with Crippen molar-refractivity contribution in [3.8, 4) is 5.75 Å². The molecule has 1 fully saturated rings. The Balaban J connectivity index is 2.06. The van der Waals surface area contributed by atoms with Crippen molar-refractivity contribution in [3.05, 3.63) is 12.4 Å². The summed E-state index contributed by atoms with van der Waals surface area (Å²) in [6.45, 7) is 1.91. The third-order valence-electron chi connectivity index (χ3n) is 2.21. The van der Waals surface area contributed by atoms with E-state index in [0.717, 1.165) is 25.9 Å². The molecule has 1 aromatic rings. The molecule has 0 aromatic carbocycles. The van der Waals surface area contributed by atoms with Gasteiger partial charge in [0.05, 0.1) is 12.4 Å². The Bertz CT molecular complexity index is 346. The lowest BCUT2D eigenvalue weighted by atomic mass is 10.4. The molecule has 80 valence electrons. The van der Waals surface area contributed by atoms with E-state index in [1.54, 1.807) is 0 Å². The molecule has 2 rings (SSSR count).